The van der Waals surface area contributed by atoms with Gasteiger partial charge in [-0.15, -0.1) is 0 Å². The van der Waals surface area contributed by atoms with Crippen molar-refractivity contribution in [1.29, 1.82) is 0 Å². The summed E-state index contributed by atoms with van der Waals surface area (Å²) >= 11 is 0. The Labute approximate surface area is 138 Å². The summed E-state index contributed by atoms with van der Waals surface area (Å²) in [5, 5.41) is 3.48. The van der Waals surface area contributed by atoms with Crippen molar-refractivity contribution in [1.82, 2.24) is 10.2 Å². The van der Waals surface area contributed by atoms with E-state index in [-0.39, 0.29) is 6.09 Å². The van der Waals surface area contributed by atoms with Crippen LogP contribution in [0.1, 0.15) is 38.5 Å². The molecule has 3 fully saturated rings. The fraction of sp³-hybridized carbons (Fsp3) is 0.632. The Kier molecular flexibility index (Phi) is 4.02. The Morgan fingerprint density at radius 2 is 1.87 bits per heavy atom. The summed E-state index contributed by atoms with van der Waals surface area (Å²) in [5.41, 5.74) is 0.325. The van der Waals surface area contributed by atoms with E-state index in [4.69, 9.17) is 4.74 Å². The maximum absolute atomic E-state index is 12.8. The molecule has 1 spiro atoms. The SMILES string of the molecule is O=C(Oc1ccccc1)N1CC2(CCNCC2)[C@H]2CCCC[C@H]21. The van der Waals surface area contributed by atoms with Gasteiger partial charge in [0, 0.05) is 12.6 Å². The highest BCUT2D eigenvalue weighted by molar-refractivity contribution is 5.71. The summed E-state index contributed by atoms with van der Waals surface area (Å²) in [5.74, 6) is 1.32. The van der Waals surface area contributed by atoms with E-state index >= 15 is 0 Å². The van der Waals surface area contributed by atoms with Gasteiger partial charge >= 0.3 is 6.09 Å². The normalized spacial score (nSPS) is 29.3. The topological polar surface area (TPSA) is 41.6 Å². The standard InChI is InChI=1S/C19H26N2O2/c22-18(23-15-6-2-1-3-7-15)21-14-19(10-12-20-13-11-19)16-8-4-5-9-17(16)21/h1-3,6-7,16-17,20H,4-5,8-14H2/t16-,17+/m0/s1. The number of carbonyl (C=O) groups is 1. The van der Waals surface area contributed by atoms with Crippen molar-refractivity contribution in [2.45, 2.75) is 44.6 Å². The number of rotatable bonds is 1. The molecule has 124 valence electrons. The van der Waals surface area contributed by atoms with E-state index in [1.807, 2.05) is 30.3 Å². The summed E-state index contributed by atoms with van der Waals surface area (Å²) in [4.78, 5) is 14.8. The predicted octanol–water partition coefficient (Wildman–Crippen LogP) is 3.43. The Morgan fingerprint density at radius 3 is 2.65 bits per heavy atom. The van der Waals surface area contributed by atoms with Crippen LogP contribution < -0.4 is 10.1 Å². The molecular weight excluding hydrogens is 288 g/mol. The Balaban J connectivity index is 1.54. The van der Waals surface area contributed by atoms with Crippen LogP contribution in [0.4, 0.5) is 4.79 Å². The first kappa shape index (κ1) is 15.0. The van der Waals surface area contributed by atoms with Gasteiger partial charge in [0.15, 0.2) is 0 Å². The smallest absolute Gasteiger partial charge is 0.410 e. The third-order valence-electron chi connectivity index (χ3n) is 6.18. The van der Waals surface area contributed by atoms with Crippen molar-refractivity contribution >= 4 is 6.09 Å². The van der Waals surface area contributed by atoms with Gasteiger partial charge in [0.25, 0.3) is 0 Å². The summed E-state index contributed by atoms with van der Waals surface area (Å²) in [6, 6.07) is 9.85. The molecule has 1 saturated carbocycles. The molecule has 3 aliphatic rings. The molecule has 2 aliphatic heterocycles. The van der Waals surface area contributed by atoms with Crippen LogP contribution in [-0.2, 0) is 0 Å². The van der Waals surface area contributed by atoms with E-state index in [2.05, 4.69) is 10.2 Å². The Hall–Kier alpha value is -1.55. The number of ether oxygens (including phenoxy) is 1. The molecule has 1 amide bonds. The lowest BCUT2D eigenvalue weighted by atomic mass is 9.65. The van der Waals surface area contributed by atoms with Crippen molar-refractivity contribution in [3.05, 3.63) is 30.3 Å². The van der Waals surface area contributed by atoms with E-state index < -0.39 is 0 Å². The summed E-state index contributed by atoms with van der Waals surface area (Å²) in [7, 11) is 0. The number of likely N-dealkylation sites (tertiary alicyclic amines) is 1. The third kappa shape index (κ3) is 2.74. The molecule has 2 heterocycles. The molecule has 4 nitrogen and oxygen atoms in total. The second-order valence-corrected chi connectivity index (χ2v) is 7.38. The zero-order valence-corrected chi connectivity index (χ0v) is 13.7. The van der Waals surface area contributed by atoms with E-state index in [0.717, 1.165) is 26.1 Å². The van der Waals surface area contributed by atoms with Gasteiger partial charge in [-0.2, -0.15) is 0 Å². The number of nitrogens with one attached hydrogen (secondary N) is 1. The molecule has 0 bridgehead atoms. The number of hydrogen-bond acceptors (Lipinski definition) is 3. The lowest BCUT2D eigenvalue weighted by Crippen LogP contribution is -2.43. The molecule has 1 aromatic rings. The average molecular weight is 314 g/mol. The highest BCUT2D eigenvalue weighted by atomic mass is 16.6. The van der Waals surface area contributed by atoms with Gasteiger partial charge in [-0.05, 0) is 62.2 Å². The summed E-state index contributed by atoms with van der Waals surface area (Å²) in [6.07, 6.45) is 7.22. The minimum absolute atomic E-state index is 0.150. The molecular formula is C19H26N2O2. The number of piperidine rings is 1. The lowest BCUT2D eigenvalue weighted by Gasteiger charge is -2.41. The number of benzene rings is 1. The number of nitrogens with zero attached hydrogens (tertiary/aromatic N) is 1. The van der Waals surface area contributed by atoms with E-state index in [0.29, 0.717) is 23.1 Å². The van der Waals surface area contributed by atoms with Gasteiger partial charge < -0.3 is 15.0 Å². The minimum atomic E-state index is -0.150. The number of hydrogen-bond donors (Lipinski definition) is 1. The molecule has 0 aromatic heterocycles. The van der Waals surface area contributed by atoms with Crippen LogP contribution in [0, 0.1) is 11.3 Å². The Bertz CT molecular complexity index is 554. The molecule has 0 radical (unpaired) electrons. The monoisotopic (exact) mass is 314 g/mol. The van der Waals surface area contributed by atoms with Crippen LogP contribution in [0.3, 0.4) is 0 Å². The van der Waals surface area contributed by atoms with Crippen LogP contribution >= 0.6 is 0 Å². The number of amides is 1. The largest absolute Gasteiger partial charge is 0.415 e. The molecule has 1 N–H and O–H groups in total. The first-order chi connectivity index (χ1) is 11.3. The van der Waals surface area contributed by atoms with Crippen LogP contribution in [0.25, 0.3) is 0 Å². The zero-order valence-electron chi connectivity index (χ0n) is 13.7. The maximum atomic E-state index is 12.8. The maximum Gasteiger partial charge on any atom is 0.415 e. The molecule has 4 rings (SSSR count). The first-order valence-electron chi connectivity index (χ1n) is 9.03. The first-order valence-corrected chi connectivity index (χ1v) is 9.03. The second kappa shape index (κ2) is 6.16. The van der Waals surface area contributed by atoms with Gasteiger partial charge in [0.1, 0.15) is 5.75 Å². The molecule has 23 heavy (non-hydrogen) atoms. The second-order valence-electron chi connectivity index (χ2n) is 7.38. The van der Waals surface area contributed by atoms with Gasteiger partial charge in [-0.3, -0.25) is 0 Å². The van der Waals surface area contributed by atoms with Gasteiger partial charge in [0.2, 0.25) is 0 Å². The van der Waals surface area contributed by atoms with Crippen LogP contribution in [-0.4, -0.2) is 36.7 Å². The van der Waals surface area contributed by atoms with Crippen LogP contribution in [0.5, 0.6) is 5.75 Å². The average Bonchev–Trinajstić information content (AvgIpc) is 2.91. The fourth-order valence-corrected chi connectivity index (χ4v) is 5.07. The van der Waals surface area contributed by atoms with Crippen molar-refractivity contribution in [3.8, 4) is 5.75 Å². The van der Waals surface area contributed by atoms with E-state index in [1.54, 1.807) is 0 Å². The molecule has 4 heteroatoms. The Morgan fingerprint density at radius 1 is 1.13 bits per heavy atom. The summed E-state index contributed by atoms with van der Waals surface area (Å²) < 4.78 is 5.65. The molecule has 0 unspecified atom stereocenters. The van der Waals surface area contributed by atoms with E-state index in [9.17, 15) is 4.79 Å². The van der Waals surface area contributed by atoms with E-state index in [1.165, 1.54) is 32.1 Å². The van der Waals surface area contributed by atoms with Gasteiger partial charge in [-0.1, -0.05) is 31.0 Å². The molecule has 1 aromatic carbocycles. The van der Waals surface area contributed by atoms with Gasteiger partial charge in [0.05, 0.1) is 0 Å². The van der Waals surface area contributed by atoms with Gasteiger partial charge in [-0.25, -0.2) is 4.79 Å². The van der Waals surface area contributed by atoms with Crippen molar-refractivity contribution in [2.75, 3.05) is 19.6 Å². The van der Waals surface area contributed by atoms with Crippen molar-refractivity contribution in [2.24, 2.45) is 11.3 Å². The zero-order chi connectivity index (χ0) is 15.7. The van der Waals surface area contributed by atoms with Crippen molar-refractivity contribution < 1.29 is 9.53 Å². The number of carbonyl (C=O) groups excluding carboxylic acids is 1. The predicted molar refractivity (Wildman–Crippen MR) is 89.5 cm³/mol. The molecule has 2 saturated heterocycles. The molecule has 2 atom stereocenters. The third-order valence-corrected chi connectivity index (χ3v) is 6.18. The lowest BCUT2D eigenvalue weighted by molar-refractivity contribution is 0.116. The molecule has 1 aliphatic carbocycles. The highest BCUT2D eigenvalue weighted by Crippen LogP contribution is 2.52. The van der Waals surface area contributed by atoms with Crippen LogP contribution in [0.15, 0.2) is 30.3 Å². The number of fused-ring (bicyclic) bond motifs is 2. The van der Waals surface area contributed by atoms with Crippen LogP contribution in [0.2, 0.25) is 0 Å². The quantitative estimate of drug-likeness (QED) is 0.863. The highest BCUT2D eigenvalue weighted by Gasteiger charge is 2.54. The fourth-order valence-electron chi connectivity index (χ4n) is 5.07. The van der Waals surface area contributed by atoms with Crippen molar-refractivity contribution in [3.63, 3.8) is 0 Å². The minimum Gasteiger partial charge on any atom is -0.410 e. The summed E-state index contributed by atoms with van der Waals surface area (Å²) in [6.45, 7) is 3.06. The number of para-hydroxylation sites is 1.